The van der Waals surface area contributed by atoms with E-state index in [1.807, 2.05) is 0 Å². The van der Waals surface area contributed by atoms with E-state index in [0.29, 0.717) is 0 Å². The zero-order valence-corrected chi connectivity index (χ0v) is 10.3. The summed E-state index contributed by atoms with van der Waals surface area (Å²) >= 11 is 0. The average molecular weight is 247 g/mol. The molecule has 0 bridgehead atoms. The van der Waals surface area contributed by atoms with Crippen LogP contribution in [0.25, 0.3) is 0 Å². The first-order valence-corrected chi connectivity index (χ1v) is 6.33. The van der Waals surface area contributed by atoms with Crippen molar-refractivity contribution in [1.29, 1.82) is 0 Å². The molecule has 0 radical (unpaired) electrons. The quantitative estimate of drug-likeness (QED) is 0.492. The van der Waals surface area contributed by atoms with Gasteiger partial charge >= 0.3 is 0 Å². The van der Waals surface area contributed by atoms with Gasteiger partial charge in [-0.1, -0.05) is 13.3 Å². The first kappa shape index (κ1) is 15.0. The van der Waals surface area contributed by atoms with Crippen molar-refractivity contribution in [3.05, 3.63) is 30.1 Å². The van der Waals surface area contributed by atoms with Crippen LogP contribution in [0.4, 0.5) is 0 Å². The minimum atomic E-state index is -4.92. The van der Waals surface area contributed by atoms with Crippen LogP contribution in [0.3, 0.4) is 0 Å². The Morgan fingerprint density at radius 2 is 1.81 bits per heavy atom. The second-order valence-corrected chi connectivity index (χ2v) is 4.25. The van der Waals surface area contributed by atoms with Gasteiger partial charge in [0.05, 0.1) is 0 Å². The van der Waals surface area contributed by atoms with Crippen LogP contribution in [0.1, 0.15) is 25.3 Å². The predicted molar refractivity (Wildman–Crippen MR) is 58.6 cm³/mol. The Morgan fingerprint density at radius 1 is 1.38 bits per heavy atom. The minimum Gasteiger partial charge on any atom is -0.726 e. The first-order valence-electron chi connectivity index (χ1n) is 4.97. The van der Waals surface area contributed by atoms with Crippen LogP contribution in [0.5, 0.6) is 0 Å². The molecule has 0 aliphatic rings. The van der Waals surface area contributed by atoms with E-state index in [0.717, 1.165) is 6.54 Å². The summed E-state index contributed by atoms with van der Waals surface area (Å²) in [6.07, 6.45) is 6.82. The highest BCUT2D eigenvalue weighted by Crippen LogP contribution is 1.91. The molecular weight excluding hydrogens is 230 g/mol. The third-order valence-electron chi connectivity index (χ3n) is 1.83. The Hall–Kier alpha value is -0.980. The number of unbranched alkanes of at least 4 members (excludes halogenated alkanes) is 1. The molecule has 1 N–H and O–H groups in total. The fourth-order valence-corrected chi connectivity index (χ4v) is 1.02. The molecule has 0 aliphatic heterocycles. The molecule has 5 nitrogen and oxygen atoms in total. The topological polar surface area (TPSA) is 81.3 Å². The summed E-state index contributed by atoms with van der Waals surface area (Å²) < 4.78 is 35.1. The van der Waals surface area contributed by atoms with Gasteiger partial charge in [0.1, 0.15) is 6.54 Å². The fourth-order valence-electron chi connectivity index (χ4n) is 1.02. The SMILES string of the molecule is CCCC[n+]1ccc(C)cc1.O=S(=O)([O-])O. The molecule has 0 saturated carbocycles. The molecule has 6 heteroatoms. The number of hydrogen-bond acceptors (Lipinski definition) is 3. The van der Waals surface area contributed by atoms with Gasteiger partial charge in [-0.25, -0.2) is 13.0 Å². The van der Waals surface area contributed by atoms with E-state index in [9.17, 15) is 0 Å². The van der Waals surface area contributed by atoms with E-state index in [-0.39, 0.29) is 0 Å². The zero-order chi connectivity index (χ0) is 12.6. The standard InChI is InChI=1S/C10H16N.H2O4S/c1-3-4-7-11-8-5-10(2)6-9-11;1-5(2,3)4/h5-6,8-9H,3-4,7H2,1-2H3;(H2,1,2,3,4)/q+1;/p-1. The summed E-state index contributed by atoms with van der Waals surface area (Å²) in [5.41, 5.74) is 1.33. The molecule has 0 unspecified atom stereocenters. The molecule has 0 amide bonds. The lowest BCUT2D eigenvalue weighted by molar-refractivity contribution is -0.697. The van der Waals surface area contributed by atoms with Crippen LogP contribution < -0.4 is 4.57 Å². The van der Waals surface area contributed by atoms with Crippen LogP contribution in [-0.4, -0.2) is 17.5 Å². The Morgan fingerprint density at radius 3 is 2.19 bits per heavy atom. The van der Waals surface area contributed by atoms with Crippen molar-refractivity contribution in [1.82, 2.24) is 0 Å². The summed E-state index contributed by atoms with van der Waals surface area (Å²) in [6.45, 7) is 5.48. The van der Waals surface area contributed by atoms with Crippen molar-refractivity contribution in [3.8, 4) is 0 Å². The molecule has 1 rings (SSSR count). The molecule has 0 aliphatic carbocycles. The van der Waals surface area contributed by atoms with Crippen LogP contribution in [0, 0.1) is 6.92 Å². The smallest absolute Gasteiger partial charge is 0.215 e. The lowest BCUT2D eigenvalue weighted by Gasteiger charge is -1.94. The van der Waals surface area contributed by atoms with E-state index >= 15 is 0 Å². The molecule has 0 aromatic carbocycles. The van der Waals surface area contributed by atoms with Gasteiger partial charge in [0.2, 0.25) is 10.4 Å². The normalized spacial score (nSPS) is 10.5. The average Bonchev–Trinajstić information content (AvgIpc) is 2.14. The van der Waals surface area contributed by atoms with Gasteiger partial charge in [-0.05, 0) is 12.5 Å². The number of nitrogens with zero attached hydrogens (tertiary/aromatic N) is 1. The Balaban J connectivity index is 0.000000385. The fraction of sp³-hybridized carbons (Fsp3) is 0.500. The van der Waals surface area contributed by atoms with Crippen LogP contribution in [-0.2, 0) is 16.9 Å². The van der Waals surface area contributed by atoms with E-state index in [1.54, 1.807) is 0 Å². The monoisotopic (exact) mass is 247 g/mol. The molecule has 1 heterocycles. The maximum absolute atomic E-state index is 8.63. The highest BCUT2D eigenvalue weighted by atomic mass is 32.3. The van der Waals surface area contributed by atoms with E-state index in [2.05, 4.69) is 42.9 Å². The van der Waals surface area contributed by atoms with Gasteiger partial charge in [0, 0.05) is 18.6 Å². The third-order valence-corrected chi connectivity index (χ3v) is 1.83. The second-order valence-electron chi connectivity index (χ2n) is 3.39. The lowest BCUT2D eigenvalue weighted by Crippen LogP contribution is -2.32. The maximum atomic E-state index is 8.63. The number of aromatic nitrogens is 1. The molecule has 1 aromatic heterocycles. The third kappa shape index (κ3) is 11.1. The molecule has 1 aromatic rings. The first-order chi connectivity index (χ1) is 7.33. The molecule has 0 fully saturated rings. The van der Waals surface area contributed by atoms with E-state index in [1.165, 1.54) is 18.4 Å². The van der Waals surface area contributed by atoms with Gasteiger partial charge in [-0.3, -0.25) is 4.55 Å². The molecule has 0 saturated heterocycles. The van der Waals surface area contributed by atoms with E-state index < -0.39 is 10.4 Å². The van der Waals surface area contributed by atoms with Crippen LogP contribution in [0.2, 0.25) is 0 Å². The summed E-state index contributed by atoms with van der Waals surface area (Å²) in [7, 11) is -4.92. The number of rotatable bonds is 3. The highest BCUT2D eigenvalue weighted by molar-refractivity contribution is 7.79. The lowest BCUT2D eigenvalue weighted by atomic mass is 10.3. The zero-order valence-electron chi connectivity index (χ0n) is 9.46. The minimum absolute atomic E-state index is 1.15. The van der Waals surface area contributed by atoms with Gasteiger partial charge in [0.25, 0.3) is 0 Å². The van der Waals surface area contributed by atoms with Crippen molar-refractivity contribution in [2.75, 3.05) is 0 Å². The second kappa shape index (κ2) is 7.32. The Bertz CT molecular complexity index is 378. The van der Waals surface area contributed by atoms with Gasteiger partial charge in [-0.2, -0.15) is 0 Å². The summed E-state index contributed by atoms with van der Waals surface area (Å²) in [5.74, 6) is 0. The van der Waals surface area contributed by atoms with Gasteiger partial charge in [0.15, 0.2) is 12.4 Å². The van der Waals surface area contributed by atoms with Crippen LogP contribution >= 0.6 is 0 Å². The van der Waals surface area contributed by atoms with Crippen LogP contribution in [0.15, 0.2) is 24.5 Å². The van der Waals surface area contributed by atoms with Gasteiger partial charge in [-0.15, -0.1) is 0 Å². The van der Waals surface area contributed by atoms with Crippen molar-refractivity contribution in [2.45, 2.75) is 33.2 Å². The highest BCUT2D eigenvalue weighted by Gasteiger charge is 1.95. The Labute approximate surface area is 96.3 Å². The Kier molecular flexibility index (Phi) is 6.87. The molecule has 0 spiro atoms. The summed E-state index contributed by atoms with van der Waals surface area (Å²) in [6, 6.07) is 4.30. The molecule has 0 atom stereocenters. The molecule has 92 valence electrons. The van der Waals surface area contributed by atoms with E-state index in [4.69, 9.17) is 17.5 Å². The van der Waals surface area contributed by atoms with Gasteiger partial charge < -0.3 is 4.55 Å². The summed E-state index contributed by atoms with van der Waals surface area (Å²) in [4.78, 5) is 0. The number of aryl methyl sites for hydroxylation is 2. The number of pyridine rings is 1. The maximum Gasteiger partial charge on any atom is 0.215 e. The largest absolute Gasteiger partial charge is 0.726 e. The van der Waals surface area contributed by atoms with Crippen molar-refractivity contribution in [3.63, 3.8) is 0 Å². The predicted octanol–water partition coefficient (Wildman–Crippen LogP) is 1.09. The van der Waals surface area contributed by atoms with Crippen molar-refractivity contribution in [2.24, 2.45) is 0 Å². The number of hydrogen-bond donors (Lipinski definition) is 1. The molecule has 16 heavy (non-hydrogen) atoms. The van der Waals surface area contributed by atoms with Crippen molar-refractivity contribution >= 4 is 10.4 Å². The summed E-state index contributed by atoms with van der Waals surface area (Å²) in [5, 5.41) is 0. The molecular formula is C10H17NO4S. The van der Waals surface area contributed by atoms with Crippen molar-refractivity contribution < 1.29 is 22.1 Å².